The van der Waals surface area contributed by atoms with Crippen LogP contribution in [0.25, 0.3) is 6.08 Å². The number of methoxy groups -OCH3 is 1. The molecular weight excluding hydrogens is 745 g/mol. The zero-order chi connectivity index (χ0) is 30.5. The molecular formula is C30H21Br2Cl2N3O5S. The Morgan fingerprint density at radius 1 is 1.09 bits per heavy atom. The number of halogens is 4. The highest BCUT2D eigenvalue weighted by Crippen LogP contribution is 2.38. The van der Waals surface area contributed by atoms with Gasteiger partial charge in [-0.05, 0) is 93.9 Å². The Morgan fingerprint density at radius 3 is 2.67 bits per heavy atom. The predicted octanol–water partition coefficient (Wildman–Crippen LogP) is 8.91. The maximum atomic E-state index is 13.4. The van der Waals surface area contributed by atoms with Crippen molar-refractivity contribution in [2.75, 3.05) is 7.11 Å². The summed E-state index contributed by atoms with van der Waals surface area (Å²) in [6, 6.07) is 17.5. The van der Waals surface area contributed by atoms with Crippen LogP contribution >= 0.6 is 66.8 Å². The number of amidine groups is 1. The monoisotopic (exact) mass is 763 g/mol. The zero-order valence-corrected chi connectivity index (χ0v) is 27.8. The van der Waals surface area contributed by atoms with Crippen LogP contribution in [0.3, 0.4) is 0 Å². The van der Waals surface area contributed by atoms with Gasteiger partial charge < -0.3 is 19.0 Å². The zero-order valence-electron chi connectivity index (χ0n) is 22.3. The molecule has 1 N–H and O–H groups in total. The van der Waals surface area contributed by atoms with Gasteiger partial charge in [0.25, 0.3) is 5.91 Å². The largest absolute Gasteiger partial charge is 0.506 e. The number of furan rings is 1. The van der Waals surface area contributed by atoms with Crippen LogP contribution in [0.2, 0.25) is 10.0 Å². The summed E-state index contributed by atoms with van der Waals surface area (Å²) < 4.78 is 18.1. The molecule has 0 radical (unpaired) electrons. The molecule has 0 atom stereocenters. The number of phenols is 1. The molecule has 0 unspecified atom stereocenters. The van der Waals surface area contributed by atoms with E-state index in [2.05, 4.69) is 42.1 Å². The van der Waals surface area contributed by atoms with Gasteiger partial charge in [0.05, 0.1) is 35.5 Å². The number of benzene rings is 3. The lowest BCUT2D eigenvalue weighted by atomic mass is 10.2. The Morgan fingerprint density at radius 2 is 1.93 bits per heavy atom. The standard InChI is InChI=1S/C30H21Br2Cl2N3O5S/c1-40-26-9-17(4-7-25(26)42-16-18-5-6-21(33)13-24(18)34)14-35-36-30-37(15-22-3-2-8-41-22)29(39)27(43-30)11-19-10-20(31)12-23(32)28(19)38/h2-14,38H,15-16H2,1H3/b27-11-,35-14+,36-30-. The molecule has 1 aliphatic rings. The van der Waals surface area contributed by atoms with Crippen molar-refractivity contribution in [2.24, 2.45) is 10.2 Å². The van der Waals surface area contributed by atoms with Gasteiger partial charge >= 0.3 is 0 Å². The van der Waals surface area contributed by atoms with Crippen molar-refractivity contribution in [1.29, 1.82) is 0 Å². The van der Waals surface area contributed by atoms with Gasteiger partial charge in [0.2, 0.25) is 0 Å². The molecule has 8 nitrogen and oxygen atoms in total. The number of thioether (sulfide) groups is 1. The molecule has 13 heteroatoms. The second-order valence-corrected chi connectivity index (χ2v) is 12.6. The highest BCUT2D eigenvalue weighted by atomic mass is 79.9. The number of hydrogen-bond acceptors (Lipinski definition) is 8. The Hall–Kier alpha value is -3.22. The van der Waals surface area contributed by atoms with Crippen molar-refractivity contribution in [3.8, 4) is 17.2 Å². The van der Waals surface area contributed by atoms with E-state index in [1.165, 1.54) is 11.2 Å². The van der Waals surface area contributed by atoms with Gasteiger partial charge in [0, 0.05) is 25.6 Å². The fourth-order valence-corrected chi connectivity index (χ4v) is 6.59. The van der Waals surface area contributed by atoms with E-state index in [-0.39, 0.29) is 24.8 Å². The molecule has 43 heavy (non-hydrogen) atoms. The Balaban J connectivity index is 1.36. The van der Waals surface area contributed by atoms with Gasteiger partial charge in [0.15, 0.2) is 16.7 Å². The molecule has 0 aliphatic carbocycles. The van der Waals surface area contributed by atoms with Crippen molar-refractivity contribution in [3.05, 3.63) is 113 Å². The van der Waals surface area contributed by atoms with E-state index in [0.29, 0.717) is 53.0 Å². The summed E-state index contributed by atoms with van der Waals surface area (Å²) in [4.78, 5) is 15.2. The Labute approximate surface area is 278 Å². The molecule has 220 valence electrons. The SMILES string of the molecule is COc1cc(/C=N/N=C2\S/C(=C\c3cc(Br)cc(Br)c3O)C(=O)N2Cc2ccco2)ccc1OCc1ccc(Cl)cc1Cl. The molecule has 1 fully saturated rings. The number of ether oxygens (including phenoxy) is 2. The summed E-state index contributed by atoms with van der Waals surface area (Å²) in [6.07, 6.45) is 4.70. The molecule has 1 aliphatic heterocycles. The minimum Gasteiger partial charge on any atom is -0.506 e. The number of carbonyl (C=O) groups excluding carboxylic acids is 1. The van der Waals surface area contributed by atoms with Crippen molar-refractivity contribution in [3.63, 3.8) is 0 Å². The lowest BCUT2D eigenvalue weighted by Gasteiger charge is -2.13. The number of hydrogen-bond donors (Lipinski definition) is 1. The van der Waals surface area contributed by atoms with Gasteiger partial charge in [-0.1, -0.05) is 45.2 Å². The smallest absolute Gasteiger partial charge is 0.267 e. The first-order valence-electron chi connectivity index (χ1n) is 12.5. The van der Waals surface area contributed by atoms with E-state index in [9.17, 15) is 9.90 Å². The third kappa shape index (κ3) is 7.66. The van der Waals surface area contributed by atoms with Crippen LogP contribution in [0.1, 0.15) is 22.5 Å². The van der Waals surface area contributed by atoms with Crippen LogP contribution in [0.4, 0.5) is 0 Å². The predicted molar refractivity (Wildman–Crippen MR) is 177 cm³/mol. The average Bonchev–Trinajstić information content (AvgIpc) is 3.60. The third-order valence-corrected chi connectivity index (χ3v) is 8.71. The van der Waals surface area contributed by atoms with E-state index < -0.39 is 0 Å². The van der Waals surface area contributed by atoms with Crippen molar-refractivity contribution in [2.45, 2.75) is 13.2 Å². The van der Waals surface area contributed by atoms with Crippen molar-refractivity contribution >= 4 is 90.2 Å². The molecule has 0 spiro atoms. The molecule has 0 saturated carbocycles. The van der Waals surface area contributed by atoms with Crippen LogP contribution in [0.15, 0.2) is 95.4 Å². The summed E-state index contributed by atoms with van der Waals surface area (Å²) in [7, 11) is 1.54. The Bertz CT molecular complexity index is 1760. The normalized spacial score (nSPS) is 15.3. The number of nitrogens with zero attached hydrogens (tertiary/aromatic N) is 3. The van der Waals surface area contributed by atoms with Crippen LogP contribution in [-0.2, 0) is 17.9 Å². The molecule has 5 rings (SSSR count). The first kappa shape index (κ1) is 31.2. The van der Waals surface area contributed by atoms with E-state index in [0.717, 1.165) is 21.8 Å². The average molecular weight is 766 g/mol. The first-order chi connectivity index (χ1) is 20.7. The maximum absolute atomic E-state index is 13.4. The van der Waals surface area contributed by atoms with Gasteiger partial charge in [-0.2, -0.15) is 5.10 Å². The highest BCUT2D eigenvalue weighted by molar-refractivity contribution is 9.11. The number of phenolic OH excluding ortho intramolecular Hbond substituents is 1. The summed E-state index contributed by atoms with van der Waals surface area (Å²) in [5.41, 5.74) is 1.95. The van der Waals surface area contributed by atoms with Gasteiger partial charge in [-0.15, -0.1) is 5.10 Å². The number of amides is 1. The fourth-order valence-electron chi connectivity index (χ4n) is 3.94. The van der Waals surface area contributed by atoms with Crippen LogP contribution in [0.5, 0.6) is 17.2 Å². The quantitative estimate of drug-likeness (QED) is 0.104. The topological polar surface area (TPSA) is 96.9 Å². The fraction of sp³-hybridized carbons (Fsp3) is 0.100. The molecule has 4 aromatic rings. The van der Waals surface area contributed by atoms with Crippen LogP contribution in [0, 0.1) is 0 Å². The summed E-state index contributed by atoms with van der Waals surface area (Å²) in [6.45, 7) is 0.394. The minimum atomic E-state index is -0.296. The molecule has 2 heterocycles. The van der Waals surface area contributed by atoms with E-state index >= 15 is 0 Å². The molecule has 0 bridgehead atoms. The van der Waals surface area contributed by atoms with Gasteiger partial charge in [-0.25, -0.2) is 0 Å². The number of rotatable bonds is 9. The maximum Gasteiger partial charge on any atom is 0.267 e. The van der Waals surface area contributed by atoms with Gasteiger partial charge in [-0.3, -0.25) is 9.69 Å². The minimum absolute atomic E-state index is 0.0164. The summed E-state index contributed by atoms with van der Waals surface area (Å²) in [5.74, 6) is 1.32. The van der Waals surface area contributed by atoms with Crippen molar-refractivity contribution in [1.82, 2.24) is 4.90 Å². The molecule has 1 saturated heterocycles. The lowest BCUT2D eigenvalue weighted by Crippen LogP contribution is -2.28. The summed E-state index contributed by atoms with van der Waals surface area (Å²) in [5, 5.41) is 20.5. The van der Waals surface area contributed by atoms with Crippen LogP contribution < -0.4 is 9.47 Å². The van der Waals surface area contributed by atoms with E-state index in [4.69, 9.17) is 37.1 Å². The highest BCUT2D eigenvalue weighted by Gasteiger charge is 2.34. The van der Waals surface area contributed by atoms with E-state index in [1.54, 1.807) is 80.1 Å². The lowest BCUT2D eigenvalue weighted by molar-refractivity contribution is -0.122. The van der Waals surface area contributed by atoms with Crippen molar-refractivity contribution < 1.29 is 23.8 Å². The van der Waals surface area contributed by atoms with Crippen LogP contribution in [-0.4, -0.2) is 34.4 Å². The molecule has 3 aromatic carbocycles. The number of aromatic hydroxyl groups is 1. The van der Waals surface area contributed by atoms with E-state index in [1.807, 2.05) is 0 Å². The van der Waals surface area contributed by atoms with Gasteiger partial charge in [0.1, 0.15) is 18.1 Å². The molecule has 1 aromatic heterocycles. The molecule has 1 amide bonds. The first-order valence-corrected chi connectivity index (χ1v) is 15.6. The third-order valence-electron chi connectivity index (χ3n) is 6.06. The number of carbonyl (C=O) groups is 1. The second-order valence-electron chi connectivity index (χ2n) is 8.97. The second kappa shape index (κ2) is 14.0. The Kier molecular flexibility index (Phi) is 10.2. The summed E-state index contributed by atoms with van der Waals surface area (Å²) >= 11 is 20.1.